The SMILES string of the molecule is CC(C)NC(=O)/C(C#N)=C/c1ccc(C#N)cc1. The van der Waals surface area contributed by atoms with Gasteiger partial charge in [-0.1, -0.05) is 12.1 Å². The number of hydrogen-bond donors (Lipinski definition) is 1. The van der Waals surface area contributed by atoms with Gasteiger partial charge < -0.3 is 5.32 Å². The number of nitrogens with one attached hydrogen (secondary N) is 1. The number of nitriles is 2. The predicted octanol–water partition coefficient (Wildman–Crippen LogP) is 1.99. The Balaban J connectivity index is 2.94. The highest BCUT2D eigenvalue weighted by atomic mass is 16.1. The van der Waals surface area contributed by atoms with E-state index in [4.69, 9.17) is 10.5 Å². The minimum Gasteiger partial charge on any atom is -0.349 e. The summed E-state index contributed by atoms with van der Waals surface area (Å²) in [4.78, 5) is 11.7. The van der Waals surface area contributed by atoms with Crippen LogP contribution in [0.5, 0.6) is 0 Å². The molecule has 1 amide bonds. The van der Waals surface area contributed by atoms with Gasteiger partial charge in [0.05, 0.1) is 11.6 Å². The van der Waals surface area contributed by atoms with E-state index in [1.165, 1.54) is 6.08 Å². The first kappa shape index (κ1) is 13.5. The monoisotopic (exact) mass is 239 g/mol. The number of carbonyl (C=O) groups excluding carboxylic acids is 1. The van der Waals surface area contributed by atoms with E-state index in [9.17, 15) is 4.79 Å². The lowest BCUT2D eigenvalue weighted by Gasteiger charge is -2.06. The maximum absolute atomic E-state index is 11.7. The second-order valence-electron chi connectivity index (χ2n) is 4.03. The summed E-state index contributed by atoms with van der Waals surface area (Å²) in [5, 5.41) is 20.3. The lowest BCUT2D eigenvalue weighted by molar-refractivity contribution is -0.117. The van der Waals surface area contributed by atoms with E-state index >= 15 is 0 Å². The van der Waals surface area contributed by atoms with E-state index in [1.807, 2.05) is 26.0 Å². The molecule has 0 saturated carbocycles. The predicted molar refractivity (Wildman–Crippen MR) is 68.0 cm³/mol. The number of rotatable bonds is 3. The Hall–Kier alpha value is -2.59. The van der Waals surface area contributed by atoms with Crippen LogP contribution in [-0.2, 0) is 4.79 Å². The number of carbonyl (C=O) groups is 1. The lowest BCUT2D eigenvalue weighted by atomic mass is 10.1. The van der Waals surface area contributed by atoms with Crippen molar-refractivity contribution in [3.05, 3.63) is 41.0 Å². The molecule has 0 fully saturated rings. The van der Waals surface area contributed by atoms with Crippen LogP contribution in [0.4, 0.5) is 0 Å². The zero-order chi connectivity index (χ0) is 13.5. The van der Waals surface area contributed by atoms with Crippen LogP contribution >= 0.6 is 0 Å². The molecular weight excluding hydrogens is 226 g/mol. The van der Waals surface area contributed by atoms with Crippen molar-refractivity contribution < 1.29 is 4.79 Å². The molecule has 0 saturated heterocycles. The van der Waals surface area contributed by atoms with Crippen molar-refractivity contribution in [1.29, 1.82) is 10.5 Å². The zero-order valence-corrected chi connectivity index (χ0v) is 10.3. The van der Waals surface area contributed by atoms with Gasteiger partial charge in [0.15, 0.2) is 0 Å². The highest BCUT2D eigenvalue weighted by molar-refractivity contribution is 6.01. The van der Waals surface area contributed by atoms with E-state index in [1.54, 1.807) is 24.3 Å². The van der Waals surface area contributed by atoms with Crippen LogP contribution in [0.25, 0.3) is 6.08 Å². The van der Waals surface area contributed by atoms with Crippen LogP contribution in [0.15, 0.2) is 29.8 Å². The van der Waals surface area contributed by atoms with Crippen molar-refractivity contribution in [1.82, 2.24) is 5.32 Å². The molecule has 4 nitrogen and oxygen atoms in total. The summed E-state index contributed by atoms with van der Waals surface area (Å²) < 4.78 is 0. The van der Waals surface area contributed by atoms with Gasteiger partial charge in [0.25, 0.3) is 5.91 Å². The van der Waals surface area contributed by atoms with Gasteiger partial charge in [-0.25, -0.2) is 0 Å². The average Bonchev–Trinajstić information content (AvgIpc) is 2.35. The van der Waals surface area contributed by atoms with E-state index in [0.29, 0.717) is 11.1 Å². The van der Waals surface area contributed by atoms with Gasteiger partial charge in [-0.2, -0.15) is 10.5 Å². The maximum Gasteiger partial charge on any atom is 0.262 e. The second-order valence-corrected chi connectivity index (χ2v) is 4.03. The molecule has 0 aliphatic heterocycles. The quantitative estimate of drug-likeness (QED) is 0.647. The Labute approximate surface area is 106 Å². The molecule has 4 heteroatoms. The van der Waals surface area contributed by atoms with Crippen molar-refractivity contribution in [2.45, 2.75) is 19.9 Å². The third-order valence-electron chi connectivity index (χ3n) is 2.14. The summed E-state index contributed by atoms with van der Waals surface area (Å²) >= 11 is 0. The second kappa shape index (κ2) is 6.22. The molecule has 1 rings (SSSR count). The Morgan fingerprint density at radius 3 is 2.33 bits per heavy atom. The van der Waals surface area contributed by atoms with Gasteiger partial charge in [-0.05, 0) is 37.6 Å². The molecule has 0 aliphatic carbocycles. The van der Waals surface area contributed by atoms with Gasteiger partial charge in [0.2, 0.25) is 0 Å². The van der Waals surface area contributed by atoms with Crippen molar-refractivity contribution >= 4 is 12.0 Å². The van der Waals surface area contributed by atoms with Gasteiger partial charge in [0.1, 0.15) is 11.6 Å². The van der Waals surface area contributed by atoms with Crippen LogP contribution < -0.4 is 5.32 Å². The topological polar surface area (TPSA) is 76.7 Å². The molecule has 0 spiro atoms. The van der Waals surface area contributed by atoms with Gasteiger partial charge >= 0.3 is 0 Å². The van der Waals surface area contributed by atoms with Crippen molar-refractivity contribution in [3.63, 3.8) is 0 Å². The van der Waals surface area contributed by atoms with E-state index in [-0.39, 0.29) is 11.6 Å². The molecule has 1 N–H and O–H groups in total. The smallest absolute Gasteiger partial charge is 0.262 e. The molecule has 0 unspecified atom stereocenters. The third kappa shape index (κ3) is 3.77. The molecule has 1 aromatic rings. The fraction of sp³-hybridized carbons (Fsp3) is 0.214. The Morgan fingerprint density at radius 1 is 1.28 bits per heavy atom. The van der Waals surface area contributed by atoms with Crippen molar-refractivity contribution in [2.24, 2.45) is 0 Å². The highest BCUT2D eigenvalue weighted by Crippen LogP contribution is 2.08. The molecule has 0 atom stereocenters. The first-order chi connectivity index (χ1) is 8.56. The maximum atomic E-state index is 11.7. The van der Waals surface area contributed by atoms with Crippen molar-refractivity contribution in [2.75, 3.05) is 0 Å². The first-order valence-electron chi connectivity index (χ1n) is 5.49. The lowest BCUT2D eigenvalue weighted by Crippen LogP contribution is -2.30. The summed E-state index contributed by atoms with van der Waals surface area (Å²) in [5.41, 5.74) is 1.30. The summed E-state index contributed by atoms with van der Waals surface area (Å²) in [6, 6.07) is 10.5. The molecule has 0 heterocycles. The minimum atomic E-state index is -0.392. The number of amides is 1. The molecule has 18 heavy (non-hydrogen) atoms. The molecule has 0 bridgehead atoms. The molecule has 0 aliphatic rings. The highest BCUT2D eigenvalue weighted by Gasteiger charge is 2.09. The summed E-state index contributed by atoms with van der Waals surface area (Å²) in [7, 11) is 0. The normalized spacial score (nSPS) is 10.6. The summed E-state index contributed by atoms with van der Waals surface area (Å²) in [6.45, 7) is 3.66. The summed E-state index contributed by atoms with van der Waals surface area (Å²) in [6.07, 6.45) is 1.50. The largest absolute Gasteiger partial charge is 0.349 e. The van der Waals surface area contributed by atoms with Gasteiger partial charge in [-0.15, -0.1) is 0 Å². The van der Waals surface area contributed by atoms with Gasteiger partial charge in [0, 0.05) is 6.04 Å². The fourth-order valence-electron chi connectivity index (χ4n) is 1.31. The Bertz CT molecular complexity index is 542. The number of nitrogens with zero attached hydrogens (tertiary/aromatic N) is 2. The van der Waals surface area contributed by atoms with Crippen LogP contribution in [0.2, 0.25) is 0 Å². The molecule has 1 aromatic carbocycles. The number of benzene rings is 1. The molecular formula is C14H13N3O. The standard InChI is InChI=1S/C14H13N3O/c1-10(2)17-14(18)13(9-16)7-11-3-5-12(8-15)6-4-11/h3-7,10H,1-2H3,(H,17,18)/b13-7+. The van der Waals surface area contributed by atoms with Crippen LogP contribution in [0.3, 0.4) is 0 Å². The van der Waals surface area contributed by atoms with Crippen LogP contribution in [-0.4, -0.2) is 11.9 Å². The number of hydrogen-bond acceptors (Lipinski definition) is 3. The van der Waals surface area contributed by atoms with Crippen LogP contribution in [0, 0.1) is 22.7 Å². The molecule has 0 radical (unpaired) electrons. The molecule has 0 aromatic heterocycles. The molecule has 90 valence electrons. The summed E-state index contributed by atoms with van der Waals surface area (Å²) in [5.74, 6) is -0.392. The third-order valence-corrected chi connectivity index (χ3v) is 2.14. The Kier molecular flexibility index (Phi) is 4.66. The van der Waals surface area contributed by atoms with Crippen LogP contribution in [0.1, 0.15) is 25.0 Å². The van der Waals surface area contributed by atoms with Gasteiger partial charge in [-0.3, -0.25) is 4.79 Å². The zero-order valence-electron chi connectivity index (χ0n) is 10.3. The minimum absolute atomic E-state index is 0.0183. The van der Waals surface area contributed by atoms with E-state index in [2.05, 4.69) is 5.32 Å². The Morgan fingerprint density at radius 2 is 1.89 bits per heavy atom. The first-order valence-corrected chi connectivity index (χ1v) is 5.49. The van der Waals surface area contributed by atoms with Crippen molar-refractivity contribution in [3.8, 4) is 12.1 Å². The van der Waals surface area contributed by atoms with E-state index < -0.39 is 5.91 Å². The average molecular weight is 239 g/mol. The fourth-order valence-corrected chi connectivity index (χ4v) is 1.31. The van der Waals surface area contributed by atoms with E-state index in [0.717, 1.165) is 0 Å².